The molecule has 0 spiro atoms. The number of nitrogens with zero attached hydrogens (tertiary/aromatic N) is 2. The molecule has 2 atom stereocenters. The minimum atomic E-state index is -0.436. The Morgan fingerprint density at radius 3 is 2.43 bits per heavy atom. The van der Waals surface area contributed by atoms with Gasteiger partial charge in [-0.25, -0.2) is 0 Å². The normalized spacial score (nSPS) is 18.4. The van der Waals surface area contributed by atoms with E-state index in [9.17, 15) is 9.59 Å². The second-order valence-electron chi connectivity index (χ2n) is 5.51. The molecule has 2 N–H and O–H groups in total. The Kier molecular flexibility index (Phi) is 5.36. The van der Waals surface area contributed by atoms with Crippen molar-refractivity contribution in [3.63, 3.8) is 0 Å². The fraction of sp³-hybridized carbons (Fsp3) is 0.600. The number of thiophene rings is 1. The van der Waals surface area contributed by atoms with Gasteiger partial charge in [0.05, 0.1) is 10.9 Å². The monoisotopic (exact) mass is 309 g/mol. The largest absolute Gasteiger partial charge is 0.338 e. The van der Waals surface area contributed by atoms with Gasteiger partial charge >= 0.3 is 0 Å². The third-order valence-electron chi connectivity index (χ3n) is 4.15. The minimum absolute atomic E-state index is 0.00701. The lowest BCUT2D eigenvalue weighted by Gasteiger charge is -2.36. The van der Waals surface area contributed by atoms with Gasteiger partial charge in [0.2, 0.25) is 5.91 Å². The van der Waals surface area contributed by atoms with Crippen molar-refractivity contribution < 1.29 is 9.59 Å². The summed E-state index contributed by atoms with van der Waals surface area (Å²) in [5.74, 6) is 0.249. The second kappa shape index (κ2) is 7.04. The highest BCUT2D eigenvalue weighted by atomic mass is 32.1. The smallest absolute Gasteiger partial charge is 0.264 e. The number of hydrogen-bond acceptors (Lipinski definition) is 4. The van der Waals surface area contributed by atoms with E-state index in [1.54, 1.807) is 4.90 Å². The van der Waals surface area contributed by atoms with Crippen LogP contribution in [-0.2, 0) is 4.79 Å². The van der Waals surface area contributed by atoms with E-state index in [0.717, 1.165) is 11.3 Å². The fourth-order valence-corrected chi connectivity index (χ4v) is 3.08. The van der Waals surface area contributed by atoms with Crippen LogP contribution in [0.15, 0.2) is 17.5 Å². The van der Waals surface area contributed by atoms with Crippen LogP contribution in [0.25, 0.3) is 0 Å². The molecular formula is C15H23N3O2S. The van der Waals surface area contributed by atoms with E-state index in [0.29, 0.717) is 26.2 Å². The Hall–Kier alpha value is -1.40. The fourth-order valence-electron chi connectivity index (χ4n) is 2.39. The van der Waals surface area contributed by atoms with Crippen LogP contribution in [0.5, 0.6) is 0 Å². The maximum absolute atomic E-state index is 12.3. The predicted octanol–water partition coefficient (Wildman–Crippen LogP) is 1.41. The number of nitrogens with two attached hydrogens (primary N) is 1. The lowest BCUT2D eigenvalue weighted by molar-refractivity contribution is -0.135. The number of carbonyl (C=O) groups is 2. The van der Waals surface area contributed by atoms with Crippen LogP contribution >= 0.6 is 11.3 Å². The summed E-state index contributed by atoms with van der Waals surface area (Å²) in [7, 11) is 0. The maximum atomic E-state index is 12.3. The molecule has 1 aromatic rings. The second-order valence-corrected chi connectivity index (χ2v) is 6.45. The number of carbonyl (C=O) groups excluding carboxylic acids is 2. The molecule has 0 bridgehead atoms. The van der Waals surface area contributed by atoms with Crippen molar-refractivity contribution in [3.05, 3.63) is 22.4 Å². The van der Waals surface area contributed by atoms with E-state index in [4.69, 9.17) is 5.73 Å². The summed E-state index contributed by atoms with van der Waals surface area (Å²) >= 11 is 1.45. The van der Waals surface area contributed by atoms with E-state index in [1.807, 2.05) is 36.3 Å². The molecule has 0 radical (unpaired) electrons. The summed E-state index contributed by atoms with van der Waals surface area (Å²) in [5, 5.41) is 1.90. The molecule has 0 aromatic carbocycles. The van der Waals surface area contributed by atoms with E-state index in [-0.39, 0.29) is 17.7 Å². The standard InChI is InChI=1S/C15H23N3O2S/c1-3-11(2)13(16)15(20)18-8-6-17(7-9-18)14(19)12-5-4-10-21-12/h4-5,10-11,13H,3,6-9,16H2,1-2H3/t11?,13-/m0/s1. The number of amides is 2. The SMILES string of the molecule is CCC(C)[C@H](N)C(=O)N1CCN(C(=O)c2cccs2)CC1. The summed E-state index contributed by atoms with van der Waals surface area (Å²) in [5.41, 5.74) is 6.00. The van der Waals surface area contributed by atoms with Crippen molar-refractivity contribution in [1.82, 2.24) is 9.80 Å². The number of piperazine rings is 1. The molecular weight excluding hydrogens is 286 g/mol. The van der Waals surface area contributed by atoms with Gasteiger partial charge in [0.1, 0.15) is 0 Å². The van der Waals surface area contributed by atoms with E-state index in [2.05, 4.69) is 0 Å². The molecule has 1 aliphatic rings. The molecule has 2 heterocycles. The molecule has 6 heteroatoms. The highest BCUT2D eigenvalue weighted by Crippen LogP contribution is 2.15. The third kappa shape index (κ3) is 3.63. The molecule has 0 saturated carbocycles. The Bertz CT molecular complexity index is 481. The average Bonchev–Trinajstić information content (AvgIpc) is 3.06. The van der Waals surface area contributed by atoms with Crippen molar-refractivity contribution in [3.8, 4) is 0 Å². The Labute approximate surface area is 129 Å². The van der Waals surface area contributed by atoms with Crippen molar-refractivity contribution in [2.45, 2.75) is 26.3 Å². The van der Waals surface area contributed by atoms with Gasteiger partial charge in [0, 0.05) is 26.2 Å². The van der Waals surface area contributed by atoms with Crippen molar-refractivity contribution in [1.29, 1.82) is 0 Å². The first-order valence-electron chi connectivity index (χ1n) is 7.41. The van der Waals surface area contributed by atoms with Crippen LogP contribution in [0, 0.1) is 5.92 Å². The highest BCUT2D eigenvalue weighted by molar-refractivity contribution is 7.12. The molecule has 2 rings (SSSR count). The molecule has 21 heavy (non-hydrogen) atoms. The first-order chi connectivity index (χ1) is 10.0. The van der Waals surface area contributed by atoms with E-state index in [1.165, 1.54) is 11.3 Å². The van der Waals surface area contributed by atoms with Crippen molar-refractivity contribution in [2.75, 3.05) is 26.2 Å². The number of hydrogen-bond donors (Lipinski definition) is 1. The van der Waals surface area contributed by atoms with Gasteiger partial charge in [0.15, 0.2) is 0 Å². The molecule has 1 unspecified atom stereocenters. The van der Waals surface area contributed by atoms with Gasteiger partial charge in [-0.1, -0.05) is 26.3 Å². The molecule has 116 valence electrons. The predicted molar refractivity (Wildman–Crippen MR) is 84.2 cm³/mol. The first kappa shape index (κ1) is 16.0. The molecule has 5 nitrogen and oxygen atoms in total. The lowest BCUT2D eigenvalue weighted by Crippen LogP contribution is -2.55. The highest BCUT2D eigenvalue weighted by Gasteiger charge is 2.29. The van der Waals surface area contributed by atoms with E-state index >= 15 is 0 Å². The quantitative estimate of drug-likeness (QED) is 0.914. The molecule has 1 saturated heterocycles. The lowest BCUT2D eigenvalue weighted by atomic mass is 9.98. The summed E-state index contributed by atoms with van der Waals surface area (Å²) in [6, 6.07) is 3.28. The van der Waals surface area contributed by atoms with E-state index < -0.39 is 6.04 Å². The Morgan fingerprint density at radius 2 is 1.90 bits per heavy atom. The summed E-state index contributed by atoms with van der Waals surface area (Å²) < 4.78 is 0. The molecule has 1 aliphatic heterocycles. The third-order valence-corrected chi connectivity index (χ3v) is 5.01. The van der Waals surface area contributed by atoms with Crippen molar-refractivity contribution in [2.24, 2.45) is 11.7 Å². The molecule has 1 aromatic heterocycles. The first-order valence-corrected chi connectivity index (χ1v) is 8.29. The number of rotatable bonds is 4. The zero-order valence-corrected chi connectivity index (χ0v) is 13.4. The topological polar surface area (TPSA) is 66.6 Å². The van der Waals surface area contributed by atoms with Crippen LogP contribution < -0.4 is 5.73 Å². The van der Waals surface area contributed by atoms with Gasteiger partial charge in [-0.2, -0.15) is 0 Å². The van der Waals surface area contributed by atoms with Gasteiger partial charge in [-0.05, 0) is 17.4 Å². The zero-order valence-electron chi connectivity index (χ0n) is 12.6. The van der Waals surface area contributed by atoms with Crippen LogP contribution in [-0.4, -0.2) is 53.8 Å². The Balaban J connectivity index is 1.88. The molecule has 2 amide bonds. The van der Waals surface area contributed by atoms with Crippen molar-refractivity contribution >= 4 is 23.2 Å². The van der Waals surface area contributed by atoms with Crippen LogP contribution in [0.1, 0.15) is 29.9 Å². The Morgan fingerprint density at radius 1 is 1.29 bits per heavy atom. The summed E-state index contributed by atoms with van der Waals surface area (Å²) in [4.78, 5) is 28.9. The average molecular weight is 309 g/mol. The minimum Gasteiger partial charge on any atom is -0.338 e. The van der Waals surface area contributed by atoms with Gasteiger partial charge in [-0.15, -0.1) is 11.3 Å². The van der Waals surface area contributed by atoms with Crippen LogP contribution in [0.3, 0.4) is 0 Å². The van der Waals surface area contributed by atoms with Crippen LogP contribution in [0.4, 0.5) is 0 Å². The molecule has 0 aliphatic carbocycles. The van der Waals surface area contributed by atoms with Gasteiger partial charge < -0.3 is 15.5 Å². The summed E-state index contributed by atoms with van der Waals surface area (Å²) in [6.07, 6.45) is 0.893. The van der Waals surface area contributed by atoms with Gasteiger partial charge in [-0.3, -0.25) is 9.59 Å². The van der Waals surface area contributed by atoms with Crippen LogP contribution in [0.2, 0.25) is 0 Å². The molecule has 1 fully saturated rings. The zero-order chi connectivity index (χ0) is 15.4. The summed E-state index contributed by atoms with van der Waals surface area (Å²) in [6.45, 7) is 6.33. The maximum Gasteiger partial charge on any atom is 0.264 e. The van der Waals surface area contributed by atoms with Gasteiger partial charge in [0.25, 0.3) is 5.91 Å².